The van der Waals surface area contributed by atoms with Crippen LogP contribution >= 0.6 is 0 Å². The zero-order chi connectivity index (χ0) is 25.0. The van der Waals surface area contributed by atoms with E-state index in [1.165, 1.54) is 6.20 Å². The highest BCUT2D eigenvalue weighted by atomic mass is 16.5. The van der Waals surface area contributed by atoms with Crippen molar-refractivity contribution in [2.45, 2.75) is 45.3 Å². The minimum Gasteiger partial charge on any atom is -0.487 e. The highest BCUT2D eigenvalue weighted by Gasteiger charge is 2.36. The van der Waals surface area contributed by atoms with Gasteiger partial charge >= 0.3 is 0 Å². The first-order chi connectivity index (χ1) is 16.5. The third kappa shape index (κ3) is 4.18. The Balaban J connectivity index is 1.45. The molecule has 1 saturated heterocycles. The fourth-order valence-electron chi connectivity index (χ4n) is 4.84. The predicted octanol–water partition coefficient (Wildman–Crippen LogP) is 2.08. The molecule has 0 aliphatic carbocycles. The first kappa shape index (κ1) is 23.1. The number of anilines is 2. The van der Waals surface area contributed by atoms with Crippen LogP contribution in [0.4, 0.5) is 11.4 Å². The summed E-state index contributed by atoms with van der Waals surface area (Å²) >= 11 is 0. The molecule has 5 rings (SSSR count). The molecule has 1 fully saturated rings. The highest BCUT2D eigenvalue weighted by molar-refractivity contribution is 6.09. The minimum atomic E-state index is -0.718. The molecule has 3 aromatic rings. The molecule has 4 heterocycles. The number of hydrogen-bond acceptors (Lipinski definition) is 7. The molecular formula is C25H31N7O3. The second kappa shape index (κ2) is 8.23. The van der Waals surface area contributed by atoms with E-state index in [0.29, 0.717) is 43.1 Å². The van der Waals surface area contributed by atoms with E-state index >= 15 is 0 Å². The normalized spacial score (nSPS) is 17.8. The SMILES string of the molecule is CC1(C)Cc2cc(NC(=O)c3cnn4cccnc34)c(N3CCN(C(C)(C)C(N)=O)CC3)cc2O1. The number of carbonyl (C=O) groups excluding carboxylic acids is 2. The molecule has 2 amide bonds. The average Bonchev–Trinajstić information content (AvgIpc) is 3.37. The number of primary amides is 1. The van der Waals surface area contributed by atoms with Gasteiger partial charge in [0.1, 0.15) is 16.9 Å². The Morgan fingerprint density at radius 2 is 1.91 bits per heavy atom. The van der Waals surface area contributed by atoms with Gasteiger partial charge in [-0.25, -0.2) is 9.50 Å². The molecule has 0 bridgehead atoms. The van der Waals surface area contributed by atoms with E-state index in [1.54, 1.807) is 23.0 Å². The van der Waals surface area contributed by atoms with Crippen LogP contribution < -0.4 is 20.7 Å². The maximum absolute atomic E-state index is 13.3. The number of amides is 2. The van der Waals surface area contributed by atoms with E-state index in [1.807, 2.05) is 26.0 Å². The van der Waals surface area contributed by atoms with Crippen molar-refractivity contribution in [2.24, 2.45) is 5.73 Å². The van der Waals surface area contributed by atoms with E-state index in [4.69, 9.17) is 10.5 Å². The topological polar surface area (TPSA) is 118 Å². The largest absolute Gasteiger partial charge is 0.487 e. The highest BCUT2D eigenvalue weighted by Crippen LogP contribution is 2.42. The summed E-state index contributed by atoms with van der Waals surface area (Å²) in [6.07, 6.45) is 5.68. The molecule has 0 unspecified atom stereocenters. The molecule has 10 heteroatoms. The van der Waals surface area contributed by atoms with Crippen LogP contribution in [0, 0.1) is 0 Å². The van der Waals surface area contributed by atoms with Gasteiger partial charge in [0, 0.05) is 56.6 Å². The number of ether oxygens (including phenoxy) is 1. The second-order valence-electron chi connectivity index (χ2n) is 10.3. The average molecular weight is 478 g/mol. The van der Waals surface area contributed by atoms with Gasteiger partial charge in [-0.2, -0.15) is 5.10 Å². The number of nitrogens with one attached hydrogen (secondary N) is 1. The van der Waals surface area contributed by atoms with Gasteiger partial charge in [0.2, 0.25) is 5.91 Å². The van der Waals surface area contributed by atoms with Gasteiger partial charge < -0.3 is 20.7 Å². The lowest BCUT2D eigenvalue weighted by atomic mass is 9.99. The molecule has 1 aromatic carbocycles. The van der Waals surface area contributed by atoms with E-state index < -0.39 is 5.54 Å². The van der Waals surface area contributed by atoms with Crippen molar-refractivity contribution in [3.63, 3.8) is 0 Å². The van der Waals surface area contributed by atoms with Crippen molar-refractivity contribution in [3.05, 3.63) is 47.9 Å². The van der Waals surface area contributed by atoms with E-state index in [9.17, 15) is 9.59 Å². The van der Waals surface area contributed by atoms with Crippen molar-refractivity contribution < 1.29 is 14.3 Å². The van der Waals surface area contributed by atoms with Crippen LogP contribution in [-0.2, 0) is 11.2 Å². The summed E-state index contributed by atoms with van der Waals surface area (Å²) < 4.78 is 7.77. The zero-order valence-electron chi connectivity index (χ0n) is 20.5. The molecule has 0 atom stereocenters. The lowest BCUT2D eigenvalue weighted by Crippen LogP contribution is -2.59. The summed E-state index contributed by atoms with van der Waals surface area (Å²) in [7, 11) is 0. The van der Waals surface area contributed by atoms with Crippen LogP contribution in [0.3, 0.4) is 0 Å². The number of hydrogen-bond donors (Lipinski definition) is 2. The maximum Gasteiger partial charge on any atom is 0.261 e. The minimum absolute atomic E-state index is 0.272. The Morgan fingerprint density at radius 1 is 1.17 bits per heavy atom. The smallest absolute Gasteiger partial charge is 0.261 e. The molecule has 2 aliphatic rings. The number of nitrogens with zero attached hydrogens (tertiary/aromatic N) is 5. The molecule has 0 radical (unpaired) electrons. The first-order valence-electron chi connectivity index (χ1n) is 11.8. The summed E-state index contributed by atoms with van der Waals surface area (Å²) in [6.45, 7) is 10.5. The van der Waals surface area contributed by atoms with Gasteiger partial charge in [-0.05, 0) is 39.8 Å². The van der Waals surface area contributed by atoms with Crippen molar-refractivity contribution in [1.82, 2.24) is 19.5 Å². The van der Waals surface area contributed by atoms with Gasteiger partial charge in [-0.15, -0.1) is 0 Å². The van der Waals surface area contributed by atoms with Gasteiger partial charge in [-0.1, -0.05) is 0 Å². The lowest BCUT2D eigenvalue weighted by Gasteiger charge is -2.43. The summed E-state index contributed by atoms with van der Waals surface area (Å²) in [4.78, 5) is 33.8. The Bertz CT molecular complexity index is 1310. The molecular weight excluding hydrogens is 446 g/mol. The van der Waals surface area contributed by atoms with Crippen molar-refractivity contribution in [3.8, 4) is 5.75 Å². The number of carbonyl (C=O) groups is 2. The van der Waals surface area contributed by atoms with Crippen LogP contribution in [0.1, 0.15) is 43.6 Å². The number of aromatic nitrogens is 3. The summed E-state index contributed by atoms with van der Waals surface area (Å²) in [5.74, 6) is 0.223. The molecule has 35 heavy (non-hydrogen) atoms. The van der Waals surface area contributed by atoms with Crippen LogP contribution in [0.5, 0.6) is 5.75 Å². The fraction of sp³-hybridized carbons (Fsp3) is 0.440. The van der Waals surface area contributed by atoms with E-state index in [2.05, 4.69) is 39.0 Å². The molecule has 2 aliphatic heterocycles. The van der Waals surface area contributed by atoms with Crippen LogP contribution in [0.2, 0.25) is 0 Å². The summed E-state index contributed by atoms with van der Waals surface area (Å²) in [5, 5.41) is 7.34. The van der Waals surface area contributed by atoms with Crippen molar-refractivity contribution >= 4 is 28.8 Å². The molecule has 3 N–H and O–H groups in total. The number of piperazine rings is 1. The van der Waals surface area contributed by atoms with Crippen LogP contribution in [0.25, 0.3) is 5.65 Å². The predicted molar refractivity (Wildman–Crippen MR) is 133 cm³/mol. The number of fused-ring (bicyclic) bond motifs is 2. The number of benzene rings is 1. The Morgan fingerprint density at radius 3 is 2.63 bits per heavy atom. The van der Waals surface area contributed by atoms with Crippen molar-refractivity contribution in [1.29, 1.82) is 0 Å². The monoisotopic (exact) mass is 477 g/mol. The second-order valence-corrected chi connectivity index (χ2v) is 10.3. The van der Waals surface area contributed by atoms with E-state index in [0.717, 1.165) is 23.4 Å². The summed E-state index contributed by atoms with van der Waals surface area (Å²) in [6, 6.07) is 5.79. The van der Waals surface area contributed by atoms with Gasteiger partial charge in [0.15, 0.2) is 5.65 Å². The third-order valence-electron chi connectivity index (χ3n) is 6.97. The van der Waals surface area contributed by atoms with Gasteiger partial charge in [0.05, 0.1) is 23.1 Å². The fourth-order valence-corrected chi connectivity index (χ4v) is 4.84. The molecule has 2 aromatic heterocycles. The van der Waals surface area contributed by atoms with Crippen LogP contribution in [-0.4, -0.2) is 68.6 Å². The third-order valence-corrected chi connectivity index (χ3v) is 6.97. The Labute approximate surface area is 204 Å². The molecule has 0 spiro atoms. The summed E-state index contributed by atoms with van der Waals surface area (Å²) in [5.41, 5.74) is 8.16. The Hall–Kier alpha value is -3.66. The van der Waals surface area contributed by atoms with Gasteiger partial charge in [-0.3, -0.25) is 14.5 Å². The first-order valence-corrected chi connectivity index (χ1v) is 11.8. The molecule has 0 saturated carbocycles. The van der Waals surface area contributed by atoms with Crippen LogP contribution in [0.15, 0.2) is 36.8 Å². The maximum atomic E-state index is 13.3. The van der Waals surface area contributed by atoms with E-state index in [-0.39, 0.29) is 17.4 Å². The zero-order valence-corrected chi connectivity index (χ0v) is 20.5. The number of rotatable bonds is 5. The molecule has 184 valence electrons. The Kier molecular flexibility index (Phi) is 5.43. The van der Waals surface area contributed by atoms with Gasteiger partial charge in [0.25, 0.3) is 5.91 Å². The lowest BCUT2D eigenvalue weighted by molar-refractivity contribution is -0.128. The quantitative estimate of drug-likeness (QED) is 0.578. The number of nitrogens with two attached hydrogens (primary N) is 1. The standard InChI is InChI=1S/C25H31N7O3/c1-24(2)14-16-12-18(29-22(33)17-15-28-32-7-5-6-27-21(17)32)19(13-20(16)35-24)30-8-10-31(11-9-30)25(3,4)23(26)34/h5-7,12-13,15H,8-11,14H2,1-4H3,(H2,26,34)(H,29,33). The van der Waals surface area contributed by atoms with Crippen molar-refractivity contribution in [2.75, 3.05) is 36.4 Å². The molecule has 10 nitrogen and oxygen atoms in total.